The van der Waals surface area contributed by atoms with Crippen LogP contribution in [0.1, 0.15) is 15.9 Å². The number of carbonyl (C=O) groups is 1. The van der Waals surface area contributed by atoms with E-state index in [-0.39, 0.29) is 5.91 Å². The molecule has 0 spiro atoms. The Hall–Kier alpha value is -2.33. The predicted octanol–water partition coefficient (Wildman–Crippen LogP) is 3.04. The summed E-state index contributed by atoms with van der Waals surface area (Å²) in [5.74, 6) is -0.105. The third kappa shape index (κ3) is 3.83. The molecule has 0 radical (unpaired) electrons. The first-order chi connectivity index (χ1) is 10.1. The molecule has 2 rings (SSSR count). The Morgan fingerprint density at radius 2 is 1.62 bits per heavy atom. The highest BCUT2D eigenvalue weighted by atomic mass is 16.1. The number of anilines is 2. The number of rotatable bonds is 5. The van der Waals surface area contributed by atoms with Gasteiger partial charge in [0.2, 0.25) is 0 Å². The monoisotopic (exact) mass is 283 g/mol. The van der Waals surface area contributed by atoms with Crippen LogP contribution in [0.3, 0.4) is 0 Å². The summed E-state index contributed by atoms with van der Waals surface area (Å²) in [5, 5.41) is 6.04. The van der Waals surface area contributed by atoms with Crippen molar-refractivity contribution in [3.05, 3.63) is 59.7 Å². The lowest BCUT2D eigenvalue weighted by atomic mass is 10.1. The van der Waals surface area contributed by atoms with Crippen molar-refractivity contribution in [3.8, 4) is 0 Å². The van der Waals surface area contributed by atoms with Gasteiger partial charge in [0.05, 0.1) is 5.56 Å². The fourth-order valence-electron chi connectivity index (χ4n) is 2.21. The van der Waals surface area contributed by atoms with Gasteiger partial charge in [-0.15, -0.1) is 0 Å². The minimum atomic E-state index is -0.105. The van der Waals surface area contributed by atoms with Gasteiger partial charge in [-0.05, 0) is 37.9 Å². The molecular weight excluding hydrogens is 262 g/mol. The highest BCUT2D eigenvalue weighted by Gasteiger charge is 2.12. The third-order valence-electron chi connectivity index (χ3n) is 3.19. The fourth-order valence-corrected chi connectivity index (χ4v) is 2.21. The number of carbonyl (C=O) groups excluding carboxylic acids is 1. The lowest BCUT2D eigenvalue weighted by molar-refractivity contribution is 0.102. The molecule has 0 saturated heterocycles. The van der Waals surface area contributed by atoms with E-state index >= 15 is 0 Å². The normalized spacial score (nSPS) is 10.5. The van der Waals surface area contributed by atoms with E-state index < -0.39 is 0 Å². The maximum atomic E-state index is 12.5. The molecule has 4 nitrogen and oxygen atoms in total. The van der Waals surface area contributed by atoms with Crippen molar-refractivity contribution in [2.24, 2.45) is 0 Å². The molecule has 0 atom stereocenters. The molecule has 2 N–H and O–H groups in total. The molecule has 0 aromatic heterocycles. The zero-order valence-electron chi connectivity index (χ0n) is 12.7. The van der Waals surface area contributed by atoms with Gasteiger partial charge < -0.3 is 15.5 Å². The smallest absolute Gasteiger partial charge is 0.257 e. The number of hydrogen-bond donors (Lipinski definition) is 2. The van der Waals surface area contributed by atoms with Gasteiger partial charge in [0.15, 0.2) is 0 Å². The van der Waals surface area contributed by atoms with Crippen molar-refractivity contribution >= 4 is 17.3 Å². The Kier molecular flexibility index (Phi) is 4.95. The summed E-state index contributed by atoms with van der Waals surface area (Å²) in [6.45, 7) is 0.782. The van der Waals surface area contributed by atoms with Crippen molar-refractivity contribution in [1.82, 2.24) is 4.90 Å². The topological polar surface area (TPSA) is 44.4 Å². The molecule has 0 unspecified atom stereocenters. The highest BCUT2D eigenvalue weighted by molar-refractivity contribution is 6.08. The maximum absolute atomic E-state index is 12.5. The standard InChI is InChI=1S/C17H21N3O/c1-18-16-11-7-5-9-14(16)17(21)19-15-10-6-4-8-13(15)12-20(2)3/h4-11,18H,12H2,1-3H3,(H,19,21). The van der Waals surface area contributed by atoms with Crippen LogP contribution in [0.5, 0.6) is 0 Å². The molecule has 4 heteroatoms. The quantitative estimate of drug-likeness (QED) is 0.886. The van der Waals surface area contributed by atoms with E-state index in [9.17, 15) is 4.79 Å². The summed E-state index contributed by atoms with van der Waals surface area (Å²) in [6.07, 6.45) is 0. The molecule has 0 heterocycles. The van der Waals surface area contributed by atoms with E-state index in [2.05, 4.69) is 15.5 Å². The summed E-state index contributed by atoms with van der Waals surface area (Å²) in [7, 11) is 5.83. The molecule has 0 fully saturated rings. The molecule has 0 saturated carbocycles. The fraction of sp³-hybridized carbons (Fsp3) is 0.235. The Balaban J connectivity index is 2.24. The van der Waals surface area contributed by atoms with Gasteiger partial charge in [-0.1, -0.05) is 30.3 Å². The minimum Gasteiger partial charge on any atom is -0.387 e. The van der Waals surface area contributed by atoms with E-state index in [4.69, 9.17) is 0 Å². The Morgan fingerprint density at radius 3 is 2.29 bits per heavy atom. The molecule has 21 heavy (non-hydrogen) atoms. The number of nitrogens with zero attached hydrogens (tertiary/aromatic N) is 1. The van der Waals surface area contributed by atoms with E-state index in [1.807, 2.05) is 69.7 Å². The van der Waals surface area contributed by atoms with Crippen molar-refractivity contribution < 1.29 is 4.79 Å². The molecule has 0 aliphatic heterocycles. The molecule has 0 aliphatic carbocycles. The van der Waals surface area contributed by atoms with E-state index in [0.717, 1.165) is 23.5 Å². The Bertz CT molecular complexity index is 623. The highest BCUT2D eigenvalue weighted by Crippen LogP contribution is 2.20. The summed E-state index contributed by atoms with van der Waals surface area (Å²) in [4.78, 5) is 14.5. The molecular formula is C17H21N3O. The van der Waals surface area contributed by atoms with Crippen LogP contribution in [-0.4, -0.2) is 32.0 Å². The largest absolute Gasteiger partial charge is 0.387 e. The van der Waals surface area contributed by atoms with Gasteiger partial charge in [-0.25, -0.2) is 0 Å². The molecule has 110 valence electrons. The molecule has 0 aliphatic rings. The van der Waals surface area contributed by atoms with E-state index in [1.54, 1.807) is 0 Å². The molecule has 2 aromatic rings. The van der Waals surface area contributed by atoms with Gasteiger partial charge in [0.25, 0.3) is 5.91 Å². The van der Waals surface area contributed by atoms with Crippen LogP contribution in [0.2, 0.25) is 0 Å². The van der Waals surface area contributed by atoms with Crippen molar-refractivity contribution in [2.75, 3.05) is 31.8 Å². The van der Waals surface area contributed by atoms with Crippen LogP contribution in [0.4, 0.5) is 11.4 Å². The predicted molar refractivity (Wildman–Crippen MR) is 87.8 cm³/mol. The van der Waals surface area contributed by atoms with Crippen LogP contribution < -0.4 is 10.6 Å². The van der Waals surface area contributed by atoms with Crippen LogP contribution in [0.25, 0.3) is 0 Å². The summed E-state index contributed by atoms with van der Waals surface area (Å²) >= 11 is 0. The zero-order chi connectivity index (χ0) is 15.2. The first kappa shape index (κ1) is 15.1. The van der Waals surface area contributed by atoms with Crippen molar-refractivity contribution in [3.63, 3.8) is 0 Å². The summed E-state index contributed by atoms with van der Waals surface area (Å²) < 4.78 is 0. The van der Waals surface area contributed by atoms with Gasteiger partial charge >= 0.3 is 0 Å². The van der Waals surface area contributed by atoms with Gasteiger partial charge in [0.1, 0.15) is 0 Å². The number of amides is 1. The van der Waals surface area contributed by atoms with Crippen molar-refractivity contribution in [2.45, 2.75) is 6.54 Å². The lowest BCUT2D eigenvalue weighted by Gasteiger charge is -2.15. The number of para-hydroxylation sites is 2. The number of nitrogens with one attached hydrogen (secondary N) is 2. The Morgan fingerprint density at radius 1 is 1.00 bits per heavy atom. The summed E-state index contributed by atoms with van der Waals surface area (Å²) in [5.41, 5.74) is 3.40. The number of benzene rings is 2. The van der Waals surface area contributed by atoms with Crippen LogP contribution in [0, 0.1) is 0 Å². The first-order valence-corrected chi connectivity index (χ1v) is 6.92. The second kappa shape index (κ2) is 6.90. The number of hydrogen-bond acceptors (Lipinski definition) is 3. The minimum absolute atomic E-state index is 0.105. The SMILES string of the molecule is CNc1ccccc1C(=O)Nc1ccccc1CN(C)C. The van der Waals surface area contributed by atoms with Crippen LogP contribution in [-0.2, 0) is 6.54 Å². The van der Waals surface area contributed by atoms with Gasteiger partial charge in [-0.2, -0.15) is 0 Å². The Labute approximate surface area is 125 Å². The van der Waals surface area contributed by atoms with Crippen molar-refractivity contribution in [1.29, 1.82) is 0 Å². The van der Waals surface area contributed by atoms with Gasteiger partial charge in [-0.3, -0.25) is 4.79 Å². The summed E-state index contributed by atoms with van der Waals surface area (Å²) in [6, 6.07) is 15.3. The first-order valence-electron chi connectivity index (χ1n) is 6.92. The van der Waals surface area contributed by atoms with E-state index in [1.165, 1.54) is 0 Å². The second-order valence-corrected chi connectivity index (χ2v) is 5.14. The average molecular weight is 283 g/mol. The zero-order valence-corrected chi connectivity index (χ0v) is 12.7. The van der Waals surface area contributed by atoms with Crippen LogP contribution in [0.15, 0.2) is 48.5 Å². The molecule has 0 bridgehead atoms. The van der Waals surface area contributed by atoms with Gasteiger partial charge in [0, 0.05) is 25.0 Å². The van der Waals surface area contributed by atoms with E-state index in [0.29, 0.717) is 5.56 Å². The molecule has 1 amide bonds. The average Bonchev–Trinajstić information content (AvgIpc) is 2.48. The maximum Gasteiger partial charge on any atom is 0.257 e. The second-order valence-electron chi connectivity index (χ2n) is 5.14. The van der Waals surface area contributed by atoms with Crippen LogP contribution >= 0.6 is 0 Å². The lowest BCUT2D eigenvalue weighted by Crippen LogP contribution is -2.17. The third-order valence-corrected chi connectivity index (χ3v) is 3.19. The molecule has 2 aromatic carbocycles.